The zero-order valence-corrected chi connectivity index (χ0v) is 13.8. The maximum atomic E-state index is 12.2. The van der Waals surface area contributed by atoms with Crippen molar-refractivity contribution in [3.63, 3.8) is 0 Å². The normalized spacial score (nSPS) is 25.2. The Kier molecular flexibility index (Phi) is 6.20. The molecule has 1 unspecified atom stereocenters. The number of piperidine rings is 1. The average molecular weight is 329 g/mol. The fourth-order valence-corrected chi connectivity index (χ4v) is 3.72. The first-order valence-corrected chi connectivity index (χ1v) is 8.48. The molecule has 1 heterocycles. The number of alkyl halides is 2. The van der Waals surface area contributed by atoms with Crippen molar-refractivity contribution in [3.05, 3.63) is 24.3 Å². The number of hydrogen-bond acceptors (Lipinski definition) is 2. The zero-order valence-electron chi connectivity index (χ0n) is 12.9. The molecular weight excluding hydrogens is 306 g/mol. The van der Waals surface area contributed by atoms with Gasteiger partial charge in [-0.15, -0.1) is 0 Å². The van der Waals surface area contributed by atoms with Gasteiger partial charge in [-0.1, -0.05) is 25.6 Å². The van der Waals surface area contributed by atoms with Crippen LogP contribution < -0.4 is 10.2 Å². The summed E-state index contributed by atoms with van der Waals surface area (Å²) in [7, 11) is 0. The topological polar surface area (TPSA) is 33.5 Å². The highest BCUT2D eigenvalue weighted by Gasteiger charge is 2.26. The molecule has 1 aliphatic rings. The van der Waals surface area contributed by atoms with E-state index in [0.717, 1.165) is 13.1 Å². The predicted octanol–water partition coefficient (Wildman–Crippen LogP) is 2.50. The number of halogens is 2. The third kappa shape index (κ3) is 5.57. The third-order valence-electron chi connectivity index (χ3n) is 3.85. The predicted molar refractivity (Wildman–Crippen MR) is 85.4 cm³/mol. The number of carbonyl (C=O) groups excluding carboxylic acids is 1. The Balaban J connectivity index is 1.84. The van der Waals surface area contributed by atoms with Gasteiger partial charge in [0, 0.05) is 22.4 Å². The molecule has 2 N–H and O–H groups in total. The molecule has 2 rings (SSSR count). The lowest BCUT2D eigenvalue weighted by Crippen LogP contribution is -3.15. The number of thioether (sulfide) groups is 1. The first-order valence-electron chi connectivity index (χ1n) is 7.60. The average Bonchev–Trinajstić information content (AvgIpc) is 2.39. The van der Waals surface area contributed by atoms with Gasteiger partial charge in [0.05, 0.1) is 13.1 Å². The van der Waals surface area contributed by atoms with Gasteiger partial charge >= 0.3 is 0 Å². The molecule has 0 bridgehead atoms. The second-order valence-electron chi connectivity index (χ2n) is 6.23. The number of carbonyl (C=O) groups is 1. The number of hydrogen-bond donors (Lipinski definition) is 2. The second kappa shape index (κ2) is 7.92. The summed E-state index contributed by atoms with van der Waals surface area (Å²) < 4.78 is 24.5. The van der Waals surface area contributed by atoms with Crippen LogP contribution in [-0.4, -0.2) is 31.3 Å². The van der Waals surface area contributed by atoms with Crippen molar-refractivity contribution in [1.29, 1.82) is 0 Å². The van der Waals surface area contributed by atoms with Gasteiger partial charge in [0.15, 0.2) is 6.54 Å². The van der Waals surface area contributed by atoms with Gasteiger partial charge in [-0.05, 0) is 30.7 Å². The van der Waals surface area contributed by atoms with Crippen LogP contribution in [-0.2, 0) is 4.79 Å². The molecule has 1 saturated heterocycles. The van der Waals surface area contributed by atoms with Crippen molar-refractivity contribution in [2.24, 2.45) is 11.8 Å². The molecule has 1 aromatic carbocycles. The van der Waals surface area contributed by atoms with Gasteiger partial charge in [0.1, 0.15) is 0 Å². The quantitative estimate of drug-likeness (QED) is 0.814. The van der Waals surface area contributed by atoms with E-state index in [1.807, 2.05) is 0 Å². The molecule has 3 atom stereocenters. The largest absolute Gasteiger partial charge is 0.327 e. The fourth-order valence-electron chi connectivity index (χ4n) is 3.22. The fraction of sp³-hybridized carbons (Fsp3) is 0.562. The molecule has 1 aliphatic heterocycles. The summed E-state index contributed by atoms with van der Waals surface area (Å²) in [6, 6.07) is 6.54. The molecule has 0 aromatic heterocycles. The highest BCUT2D eigenvalue weighted by molar-refractivity contribution is 7.99. The van der Waals surface area contributed by atoms with Crippen LogP contribution in [0.4, 0.5) is 14.5 Å². The van der Waals surface area contributed by atoms with Gasteiger partial charge in [0.25, 0.3) is 11.7 Å². The molecule has 0 radical (unpaired) electrons. The minimum absolute atomic E-state index is 0.0226. The van der Waals surface area contributed by atoms with Crippen LogP contribution in [0, 0.1) is 11.8 Å². The zero-order chi connectivity index (χ0) is 16.1. The number of amides is 1. The van der Waals surface area contributed by atoms with Gasteiger partial charge in [-0.3, -0.25) is 4.79 Å². The molecule has 3 nitrogen and oxygen atoms in total. The molecule has 0 aliphatic carbocycles. The summed E-state index contributed by atoms with van der Waals surface area (Å²) in [6.07, 6.45) is 1.23. The van der Waals surface area contributed by atoms with Crippen molar-refractivity contribution in [3.8, 4) is 0 Å². The van der Waals surface area contributed by atoms with E-state index in [0.29, 0.717) is 40.7 Å². The molecule has 6 heteroatoms. The Morgan fingerprint density at radius 3 is 2.41 bits per heavy atom. The highest BCUT2D eigenvalue weighted by atomic mass is 32.2. The molecule has 1 amide bonds. The molecule has 0 spiro atoms. The maximum absolute atomic E-state index is 12.2. The number of benzene rings is 1. The Hall–Kier alpha value is -1.14. The third-order valence-corrected chi connectivity index (χ3v) is 4.58. The van der Waals surface area contributed by atoms with E-state index in [4.69, 9.17) is 0 Å². The number of likely N-dealkylation sites (tertiary alicyclic amines) is 1. The first-order chi connectivity index (χ1) is 10.4. The summed E-state index contributed by atoms with van der Waals surface area (Å²) >= 11 is 0.505. The number of nitrogens with one attached hydrogen (secondary N) is 2. The summed E-state index contributed by atoms with van der Waals surface area (Å²) in [5.74, 6) is -1.15. The Morgan fingerprint density at radius 2 is 1.86 bits per heavy atom. The molecule has 1 aromatic rings. The van der Waals surface area contributed by atoms with Crippen molar-refractivity contribution in [2.75, 3.05) is 25.0 Å². The van der Waals surface area contributed by atoms with Crippen LogP contribution in [0.5, 0.6) is 0 Å². The standard InChI is InChI=1S/C16H22F2N2OS/c1-11-7-12(2)9-20(8-11)10-15(21)19-13-3-5-14(6-4-13)22-16(17)18/h3-6,11-12,16H,7-10H2,1-2H3,(H,19,21)/p+1/t11-,12+. The summed E-state index contributed by atoms with van der Waals surface area (Å²) in [5.41, 5.74) is 0.654. The van der Waals surface area contributed by atoms with Crippen LogP contribution in [0.1, 0.15) is 20.3 Å². The van der Waals surface area contributed by atoms with Crippen molar-refractivity contribution < 1.29 is 18.5 Å². The SMILES string of the molecule is C[C@@H]1C[C@H](C)C[NH+](CC(=O)Nc2ccc(SC(F)F)cc2)C1. The lowest BCUT2D eigenvalue weighted by molar-refractivity contribution is -0.904. The molecule has 122 valence electrons. The van der Waals surface area contributed by atoms with Crippen LogP contribution in [0.3, 0.4) is 0 Å². The minimum atomic E-state index is -2.42. The summed E-state index contributed by atoms with van der Waals surface area (Å²) in [6.45, 7) is 6.98. The highest BCUT2D eigenvalue weighted by Crippen LogP contribution is 2.26. The van der Waals surface area contributed by atoms with Crippen LogP contribution >= 0.6 is 11.8 Å². The van der Waals surface area contributed by atoms with Crippen molar-refractivity contribution in [1.82, 2.24) is 0 Å². The second-order valence-corrected chi connectivity index (χ2v) is 7.30. The van der Waals surface area contributed by atoms with Crippen LogP contribution in [0.25, 0.3) is 0 Å². The van der Waals surface area contributed by atoms with E-state index in [-0.39, 0.29) is 5.91 Å². The maximum Gasteiger partial charge on any atom is 0.288 e. The summed E-state index contributed by atoms with van der Waals surface area (Å²) in [4.78, 5) is 13.9. The van der Waals surface area contributed by atoms with Gasteiger partial charge in [-0.25, -0.2) is 0 Å². The van der Waals surface area contributed by atoms with Gasteiger partial charge < -0.3 is 10.2 Å². The Bertz CT molecular complexity index is 485. The molecule has 22 heavy (non-hydrogen) atoms. The van der Waals surface area contributed by atoms with E-state index in [1.54, 1.807) is 24.3 Å². The van der Waals surface area contributed by atoms with Crippen molar-refractivity contribution in [2.45, 2.75) is 30.9 Å². The van der Waals surface area contributed by atoms with E-state index in [1.165, 1.54) is 11.3 Å². The van der Waals surface area contributed by atoms with E-state index in [2.05, 4.69) is 19.2 Å². The smallest absolute Gasteiger partial charge is 0.288 e. The van der Waals surface area contributed by atoms with E-state index < -0.39 is 5.76 Å². The number of rotatable bonds is 5. The van der Waals surface area contributed by atoms with E-state index >= 15 is 0 Å². The number of anilines is 1. The van der Waals surface area contributed by atoms with Crippen molar-refractivity contribution >= 4 is 23.4 Å². The first kappa shape index (κ1) is 17.2. The van der Waals surface area contributed by atoms with Gasteiger partial charge in [0.2, 0.25) is 0 Å². The number of quaternary nitrogens is 1. The van der Waals surface area contributed by atoms with Gasteiger partial charge in [-0.2, -0.15) is 8.78 Å². The van der Waals surface area contributed by atoms with Crippen LogP contribution in [0.15, 0.2) is 29.2 Å². The summed E-state index contributed by atoms with van der Waals surface area (Å²) in [5, 5.41) is 2.84. The molecular formula is C16H23F2N2OS+. The Morgan fingerprint density at radius 1 is 1.27 bits per heavy atom. The lowest BCUT2D eigenvalue weighted by Gasteiger charge is -2.31. The molecule has 1 fully saturated rings. The Labute approximate surface area is 134 Å². The van der Waals surface area contributed by atoms with Crippen LogP contribution in [0.2, 0.25) is 0 Å². The monoisotopic (exact) mass is 329 g/mol. The minimum Gasteiger partial charge on any atom is -0.327 e. The van der Waals surface area contributed by atoms with E-state index in [9.17, 15) is 13.6 Å². The lowest BCUT2D eigenvalue weighted by atomic mass is 9.92. The molecule has 0 saturated carbocycles.